The number of nitrogens with zero attached hydrogens (tertiary/aromatic N) is 5. The summed E-state index contributed by atoms with van der Waals surface area (Å²) >= 11 is 0. The maximum Gasteiger partial charge on any atom is 0.244 e. The number of benzene rings is 1. The van der Waals surface area contributed by atoms with E-state index in [1.807, 2.05) is 36.7 Å². The molecule has 1 aliphatic rings. The number of pyridine rings is 1. The molecule has 1 aliphatic carbocycles. The van der Waals surface area contributed by atoms with Crippen molar-refractivity contribution < 1.29 is 12.8 Å². The Labute approximate surface area is 209 Å². The second-order valence-electron chi connectivity index (χ2n) is 9.42. The molecule has 0 aliphatic heterocycles. The number of anilines is 1. The molecule has 3 heterocycles. The maximum absolute atomic E-state index is 13.3. The highest BCUT2D eigenvalue weighted by molar-refractivity contribution is 7.89. The molecule has 11 heteroatoms. The summed E-state index contributed by atoms with van der Waals surface area (Å²) in [6.07, 6.45) is 7.53. The van der Waals surface area contributed by atoms with E-state index in [1.54, 1.807) is 23.9 Å². The van der Waals surface area contributed by atoms with Crippen LogP contribution in [0.2, 0.25) is 0 Å². The lowest BCUT2D eigenvalue weighted by Gasteiger charge is -2.17. The number of nitrogens with one attached hydrogen (secondary N) is 2. The van der Waals surface area contributed by atoms with Crippen molar-refractivity contribution in [2.24, 2.45) is 0 Å². The summed E-state index contributed by atoms with van der Waals surface area (Å²) in [6, 6.07) is 8.52. The molecule has 1 atom stereocenters. The Morgan fingerprint density at radius 1 is 1.14 bits per heavy atom. The van der Waals surface area contributed by atoms with Crippen molar-refractivity contribution in [3.05, 3.63) is 60.1 Å². The summed E-state index contributed by atoms with van der Waals surface area (Å²) in [5.41, 5.74) is 3.51. The normalized spacial score (nSPS) is 15.6. The van der Waals surface area contributed by atoms with E-state index in [1.165, 1.54) is 12.3 Å². The Kier molecular flexibility index (Phi) is 6.52. The highest BCUT2D eigenvalue weighted by atomic mass is 32.2. The summed E-state index contributed by atoms with van der Waals surface area (Å²) in [5.74, 6) is -0.551. The van der Waals surface area contributed by atoms with E-state index in [9.17, 15) is 12.8 Å². The zero-order valence-corrected chi connectivity index (χ0v) is 21.4. The number of aromatic nitrogens is 5. The quantitative estimate of drug-likeness (QED) is 0.342. The fourth-order valence-corrected chi connectivity index (χ4v) is 6.72. The van der Waals surface area contributed by atoms with Gasteiger partial charge in [0.15, 0.2) is 0 Å². The fraction of sp³-hybridized carbons (Fsp3) is 0.400. The molecule has 1 saturated carbocycles. The Hall–Kier alpha value is -3.31. The van der Waals surface area contributed by atoms with E-state index in [2.05, 4.69) is 25.2 Å². The SMILES string of the molecule is Cc1nn(C2CCCC2)c(C)c1S(=O)(=O)NC(C)CNc1cccc2c1cnn2-c1ccc(F)nc1. The molecule has 0 amide bonds. The van der Waals surface area contributed by atoms with Crippen LogP contribution in [0.5, 0.6) is 0 Å². The first kappa shape index (κ1) is 24.4. The number of aryl methyl sites for hydroxylation is 1. The second kappa shape index (κ2) is 9.62. The fourth-order valence-electron chi connectivity index (χ4n) is 5.07. The molecule has 0 saturated heterocycles. The molecule has 0 spiro atoms. The van der Waals surface area contributed by atoms with Crippen LogP contribution in [0.3, 0.4) is 0 Å². The van der Waals surface area contributed by atoms with Gasteiger partial charge < -0.3 is 5.32 Å². The molecule has 1 fully saturated rings. The first-order valence-corrected chi connectivity index (χ1v) is 13.6. The number of sulfonamides is 1. The van der Waals surface area contributed by atoms with Gasteiger partial charge in [-0.1, -0.05) is 18.9 Å². The van der Waals surface area contributed by atoms with Crippen molar-refractivity contribution in [3.8, 4) is 5.69 Å². The van der Waals surface area contributed by atoms with E-state index in [4.69, 9.17) is 0 Å². The average molecular weight is 512 g/mol. The van der Waals surface area contributed by atoms with Crippen LogP contribution in [0.25, 0.3) is 16.6 Å². The van der Waals surface area contributed by atoms with E-state index >= 15 is 0 Å². The summed E-state index contributed by atoms with van der Waals surface area (Å²) < 4.78 is 46.2. The first-order chi connectivity index (χ1) is 17.2. The lowest BCUT2D eigenvalue weighted by Crippen LogP contribution is -2.37. The van der Waals surface area contributed by atoms with Gasteiger partial charge in [-0.2, -0.15) is 14.6 Å². The van der Waals surface area contributed by atoms with E-state index in [0.717, 1.165) is 42.3 Å². The number of hydrogen-bond donors (Lipinski definition) is 2. The van der Waals surface area contributed by atoms with Crippen molar-refractivity contribution in [1.29, 1.82) is 0 Å². The molecule has 4 aromatic rings. The highest BCUT2D eigenvalue weighted by Crippen LogP contribution is 2.32. The number of fused-ring (bicyclic) bond motifs is 1. The number of hydrogen-bond acceptors (Lipinski definition) is 6. The summed E-state index contributed by atoms with van der Waals surface area (Å²) in [4.78, 5) is 3.98. The predicted octanol–water partition coefficient (Wildman–Crippen LogP) is 4.27. The lowest BCUT2D eigenvalue weighted by atomic mass is 10.2. The van der Waals surface area contributed by atoms with Gasteiger partial charge in [-0.05, 0) is 57.9 Å². The smallest absolute Gasteiger partial charge is 0.244 e. The minimum absolute atomic E-state index is 0.275. The van der Waals surface area contributed by atoms with Crippen molar-refractivity contribution in [1.82, 2.24) is 29.3 Å². The van der Waals surface area contributed by atoms with Crippen LogP contribution in [0.4, 0.5) is 10.1 Å². The van der Waals surface area contributed by atoms with E-state index < -0.39 is 16.0 Å². The van der Waals surface area contributed by atoms with Gasteiger partial charge in [0.25, 0.3) is 0 Å². The molecule has 190 valence electrons. The topological polar surface area (TPSA) is 107 Å². The minimum Gasteiger partial charge on any atom is -0.383 e. The molecule has 9 nitrogen and oxygen atoms in total. The van der Waals surface area contributed by atoms with E-state index in [-0.39, 0.29) is 17.0 Å². The average Bonchev–Trinajstić information content (AvgIpc) is 3.57. The Bertz CT molecular complexity index is 1490. The summed E-state index contributed by atoms with van der Waals surface area (Å²) in [5, 5.41) is 13.2. The third-order valence-electron chi connectivity index (χ3n) is 6.72. The van der Waals surface area contributed by atoms with Gasteiger partial charge in [0.2, 0.25) is 16.0 Å². The van der Waals surface area contributed by atoms with Crippen molar-refractivity contribution in [2.45, 2.75) is 63.4 Å². The van der Waals surface area contributed by atoms with Gasteiger partial charge in [-0.25, -0.2) is 22.8 Å². The van der Waals surface area contributed by atoms with Gasteiger partial charge in [-0.15, -0.1) is 0 Å². The van der Waals surface area contributed by atoms with Crippen LogP contribution in [-0.4, -0.2) is 45.5 Å². The van der Waals surface area contributed by atoms with E-state index in [0.29, 0.717) is 23.6 Å². The number of halogens is 1. The molecular weight excluding hydrogens is 481 g/mol. The van der Waals surface area contributed by atoms with Crippen LogP contribution >= 0.6 is 0 Å². The number of rotatable bonds is 8. The van der Waals surface area contributed by atoms with Gasteiger partial charge in [0, 0.05) is 23.7 Å². The van der Waals surface area contributed by atoms with Crippen LogP contribution in [-0.2, 0) is 10.0 Å². The third-order valence-corrected chi connectivity index (χ3v) is 8.56. The van der Waals surface area contributed by atoms with Gasteiger partial charge in [-0.3, -0.25) is 4.68 Å². The Balaban J connectivity index is 1.31. The van der Waals surface area contributed by atoms with Gasteiger partial charge in [0.1, 0.15) is 4.90 Å². The maximum atomic E-state index is 13.3. The van der Waals surface area contributed by atoms with Gasteiger partial charge >= 0.3 is 0 Å². The lowest BCUT2D eigenvalue weighted by molar-refractivity contribution is 0.453. The van der Waals surface area contributed by atoms with Gasteiger partial charge in [0.05, 0.1) is 41.0 Å². The monoisotopic (exact) mass is 511 g/mol. The third kappa shape index (κ3) is 4.60. The molecule has 36 heavy (non-hydrogen) atoms. The molecule has 0 radical (unpaired) electrons. The minimum atomic E-state index is -3.74. The Morgan fingerprint density at radius 3 is 2.64 bits per heavy atom. The largest absolute Gasteiger partial charge is 0.383 e. The first-order valence-electron chi connectivity index (χ1n) is 12.1. The van der Waals surface area contributed by atoms with Crippen LogP contribution < -0.4 is 10.0 Å². The molecule has 1 unspecified atom stereocenters. The highest BCUT2D eigenvalue weighted by Gasteiger charge is 2.29. The summed E-state index contributed by atoms with van der Waals surface area (Å²) in [6.45, 7) is 5.79. The molecule has 2 N–H and O–H groups in total. The standard InChI is InChI=1S/C25H30FN7O2S/c1-16(31-36(34,35)25-17(2)30-32(18(25)3)19-7-4-5-8-19)13-27-22-9-6-10-23-21(22)15-29-33(23)20-11-12-24(26)28-14-20/h6,9-12,14-16,19,27,31H,4-5,7-8,13H2,1-3H3. The van der Waals surface area contributed by atoms with Crippen molar-refractivity contribution in [3.63, 3.8) is 0 Å². The Morgan fingerprint density at radius 2 is 1.92 bits per heavy atom. The van der Waals surface area contributed by atoms with Crippen LogP contribution in [0, 0.1) is 19.8 Å². The molecular formula is C25H30FN7O2S. The predicted molar refractivity (Wildman–Crippen MR) is 136 cm³/mol. The zero-order chi connectivity index (χ0) is 25.4. The molecule has 5 rings (SSSR count). The molecule has 0 bridgehead atoms. The van der Waals surface area contributed by atoms with Crippen LogP contribution in [0.1, 0.15) is 50.0 Å². The van der Waals surface area contributed by atoms with Crippen LogP contribution in [0.15, 0.2) is 47.6 Å². The summed E-state index contributed by atoms with van der Waals surface area (Å²) in [7, 11) is -3.74. The van der Waals surface area contributed by atoms with Crippen molar-refractivity contribution in [2.75, 3.05) is 11.9 Å². The molecule has 3 aromatic heterocycles. The molecule has 1 aromatic carbocycles. The van der Waals surface area contributed by atoms with Crippen molar-refractivity contribution >= 4 is 26.6 Å². The second-order valence-corrected chi connectivity index (χ2v) is 11.1. The zero-order valence-electron chi connectivity index (χ0n) is 20.6.